The van der Waals surface area contributed by atoms with Crippen molar-refractivity contribution in [3.8, 4) is 11.4 Å². The number of hydrogen-bond donors (Lipinski definition) is 2. The van der Waals surface area contributed by atoms with E-state index >= 15 is 0 Å². The molecule has 0 saturated heterocycles. The van der Waals surface area contributed by atoms with Crippen LogP contribution in [0.15, 0.2) is 54.7 Å². The molecule has 2 heterocycles. The number of benzene rings is 1. The summed E-state index contributed by atoms with van der Waals surface area (Å²) in [4.78, 5) is 13.8. The maximum atomic E-state index is 13.1. The lowest BCUT2D eigenvalue weighted by Gasteiger charge is -2.23. The van der Waals surface area contributed by atoms with E-state index in [0.717, 1.165) is 35.6 Å². The lowest BCUT2D eigenvalue weighted by Crippen LogP contribution is -2.23. The third-order valence-corrected chi connectivity index (χ3v) is 4.98. The Morgan fingerprint density at radius 2 is 1.75 bits per heavy atom. The van der Waals surface area contributed by atoms with Gasteiger partial charge in [-0.05, 0) is 42.7 Å². The maximum absolute atomic E-state index is 13.1. The molecule has 0 radical (unpaired) electrons. The van der Waals surface area contributed by atoms with Crippen LogP contribution in [0.3, 0.4) is 0 Å². The molecule has 6 heteroatoms. The molecule has 1 aliphatic rings. The van der Waals surface area contributed by atoms with Gasteiger partial charge in [-0.2, -0.15) is 4.98 Å². The van der Waals surface area contributed by atoms with Crippen LogP contribution in [0.5, 0.6) is 0 Å². The molecule has 28 heavy (non-hydrogen) atoms. The Hall–Kier alpha value is -3.02. The van der Waals surface area contributed by atoms with E-state index in [4.69, 9.17) is 4.98 Å². The van der Waals surface area contributed by atoms with E-state index in [-0.39, 0.29) is 5.82 Å². The minimum absolute atomic E-state index is 0.234. The predicted molar refractivity (Wildman–Crippen MR) is 109 cm³/mol. The highest BCUT2D eigenvalue weighted by atomic mass is 19.1. The van der Waals surface area contributed by atoms with E-state index < -0.39 is 0 Å². The molecule has 144 valence electrons. The van der Waals surface area contributed by atoms with Gasteiger partial charge in [-0.15, -0.1) is 0 Å². The van der Waals surface area contributed by atoms with Crippen LogP contribution in [0, 0.1) is 5.82 Å². The van der Waals surface area contributed by atoms with Crippen molar-refractivity contribution in [2.45, 2.75) is 44.7 Å². The molecule has 0 unspecified atom stereocenters. The molecule has 0 spiro atoms. The van der Waals surface area contributed by atoms with E-state index in [0.29, 0.717) is 18.5 Å². The van der Waals surface area contributed by atoms with Gasteiger partial charge in [-0.25, -0.2) is 9.37 Å². The van der Waals surface area contributed by atoms with Gasteiger partial charge in [-0.1, -0.05) is 37.5 Å². The summed E-state index contributed by atoms with van der Waals surface area (Å²) in [5.41, 5.74) is 2.57. The molecule has 0 aliphatic heterocycles. The monoisotopic (exact) mass is 377 g/mol. The summed E-state index contributed by atoms with van der Waals surface area (Å²) >= 11 is 0. The summed E-state index contributed by atoms with van der Waals surface area (Å²) in [6.45, 7) is 0.557. The minimum Gasteiger partial charge on any atom is -0.366 e. The normalized spacial score (nSPS) is 14.6. The van der Waals surface area contributed by atoms with Gasteiger partial charge in [0.2, 0.25) is 5.95 Å². The molecule has 1 fully saturated rings. The van der Waals surface area contributed by atoms with Crippen molar-refractivity contribution >= 4 is 11.8 Å². The molecule has 1 aliphatic carbocycles. The first-order valence-electron chi connectivity index (χ1n) is 9.81. The van der Waals surface area contributed by atoms with E-state index in [1.54, 1.807) is 18.3 Å². The topological polar surface area (TPSA) is 62.7 Å². The molecule has 0 amide bonds. The Morgan fingerprint density at radius 1 is 0.929 bits per heavy atom. The Kier molecular flexibility index (Phi) is 5.75. The molecule has 3 aromatic rings. The predicted octanol–water partition coefficient (Wildman–Crippen LogP) is 5.03. The zero-order chi connectivity index (χ0) is 19.2. The fourth-order valence-electron chi connectivity index (χ4n) is 3.47. The Morgan fingerprint density at radius 3 is 2.50 bits per heavy atom. The molecule has 0 atom stereocenters. The first-order chi connectivity index (χ1) is 13.8. The van der Waals surface area contributed by atoms with Crippen LogP contribution >= 0.6 is 0 Å². The molecular weight excluding hydrogens is 353 g/mol. The van der Waals surface area contributed by atoms with Crippen molar-refractivity contribution in [1.82, 2.24) is 15.0 Å². The van der Waals surface area contributed by atoms with Crippen LogP contribution in [-0.4, -0.2) is 21.0 Å². The first kappa shape index (κ1) is 18.3. The van der Waals surface area contributed by atoms with Crippen LogP contribution in [-0.2, 0) is 6.54 Å². The number of halogens is 1. The Balaban J connectivity index is 1.56. The van der Waals surface area contributed by atoms with E-state index in [1.807, 2.05) is 24.3 Å². The van der Waals surface area contributed by atoms with Crippen LogP contribution < -0.4 is 10.6 Å². The number of rotatable bonds is 6. The van der Waals surface area contributed by atoms with Gasteiger partial charge in [0.1, 0.15) is 11.6 Å². The van der Waals surface area contributed by atoms with Crippen LogP contribution in [0.1, 0.15) is 37.7 Å². The van der Waals surface area contributed by atoms with E-state index in [9.17, 15) is 4.39 Å². The first-order valence-corrected chi connectivity index (χ1v) is 9.81. The molecular formula is C22H24FN5. The number of hydrogen-bond acceptors (Lipinski definition) is 5. The molecule has 2 aromatic heterocycles. The molecule has 5 nitrogen and oxygen atoms in total. The summed E-state index contributed by atoms with van der Waals surface area (Å²) in [6, 6.07) is 14.6. The quantitative estimate of drug-likeness (QED) is 0.630. The van der Waals surface area contributed by atoms with Gasteiger partial charge in [0.05, 0.1) is 11.4 Å². The van der Waals surface area contributed by atoms with Crippen LogP contribution in [0.4, 0.5) is 16.2 Å². The second-order valence-electron chi connectivity index (χ2n) is 7.14. The highest BCUT2D eigenvalue weighted by molar-refractivity contribution is 5.61. The summed E-state index contributed by atoms with van der Waals surface area (Å²) in [5.74, 6) is 1.11. The SMILES string of the molecule is Fc1ccc(CNc2cc(-c3ccccn3)nc(NC3CCCCC3)n2)cc1. The van der Waals surface area contributed by atoms with Gasteiger partial charge in [0.15, 0.2) is 0 Å². The average molecular weight is 377 g/mol. The smallest absolute Gasteiger partial charge is 0.225 e. The van der Waals surface area contributed by atoms with Crippen molar-refractivity contribution in [1.29, 1.82) is 0 Å². The third kappa shape index (κ3) is 4.82. The number of aromatic nitrogens is 3. The van der Waals surface area contributed by atoms with Gasteiger partial charge < -0.3 is 10.6 Å². The molecule has 2 N–H and O–H groups in total. The second-order valence-corrected chi connectivity index (χ2v) is 7.14. The van der Waals surface area contributed by atoms with Gasteiger partial charge >= 0.3 is 0 Å². The van der Waals surface area contributed by atoms with Crippen LogP contribution in [0.25, 0.3) is 11.4 Å². The molecule has 0 bridgehead atoms. The lowest BCUT2D eigenvalue weighted by molar-refractivity contribution is 0.461. The fraction of sp³-hybridized carbons (Fsp3) is 0.318. The number of nitrogens with zero attached hydrogens (tertiary/aromatic N) is 3. The zero-order valence-corrected chi connectivity index (χ0v) is 15.7. The Labute approximate surface area is 164 Å². The van der Waals surface area contributed by atoms with Crippen molar-refractivity contribution in [2.75, 3.05) is 10.6 Å². The summed E-state index contributed by atoms with van der Waals surface area (Å²) in [7, 11) is 0. The summed E-state index contributed by atoms with van der Waals surface area (Å²) < 4.78 is 13.1. The van der Waals surface area contributed by atoms with Crippen molar-refractivity contribution < 1.29 is 4.39 Å². The summed E-state index contributed by atoms with van der Waals surface area (Å²) in [6.07, 6.45) is 7.85. The van der Waals surface area contributed by atoms with Gasteiger partial charge in [-0.3, -0.25) is 4.98 Å². The minimum atomic E-state index is -0.234. The maximum Gasteiger partial charge on any atom is 0.225 e. The highest BCUT2D eigenvalue weighted by Crippen LogP contribution is 2.24. The average Bonchev–Trinajstić information content (AvgIpc) is 2.75. The number of anilines is 2. The molecule has 1 aromatic carbocycles. The standard InChI is InChI=1S/C22H24FN5/c23-17-11-9-16(10-12-17)15-25-21-14-20(19-8-4-5-13-24-19)27-22(28-21)26-18-6-2-1-3-7-18/h4-5,8-14,18H,1-3,6-7,15H2,(H2,25,26,27,28). The van der Waals surface area contributed by atoms with Crippen molar-refractivity contribution in [3.05, 3.63) is 66.1 Å². The van der Waals surface area contributed by atoms with Crippen molar-refractivity contribution in [3.63, 3.8) is 0 Å². The lowest BCUT2D eigenvalue weighted by atomic mass is 9.96. The van der Waals surface area contributed by atoms with Gasteiger partial charge in [0, 0.05) is 24.8 Å². The van der Waals surface area contributed by atoms with E-state index in [2.05, 4.69) is 20.6 Å². The summed E-state index contributed by atoms with van der Waals surface area (Å²) in [5, 5.41) is 6.82. The van der Waals surface area contributed by atoms with Gasteiger partial charge in [0.25, 0.3) is 0 Å². The third-order valence-electron chi connectivity index (χ3n) is 4.98. The Bertz CT molecular complexity index is 893. The van der Waals surface area contributed by atoms with E-state index in [1.165, 1.54) is 31.4 Å². The number of nitrogens with one attached hydrogen (secondary N) is 2. The molecule has 4 rings (SSSR count). The second kappa shape index (κ2) is 8.78. The zero-order valence-electron chi connectivity index (χ0n) is 15.7. The molecule has 1 saturated carbocycles. The van der Waals surface area contributed by atoms with Crippen LogP contribution in [0.2, 0.25) is 0 Å². The largest absolute Gasteiger partial charge is 0.366 e. The van der Waals surface area contributed by atoms with Crippen molar-refractivity contribution in [2.24, 2.45) is 0 Å². The fourth-order valence-corrected chi connectivity index (χ4v) is 3.47. The number of pyridine rings is 1. The highest BCUT2D eigenvalue weighted by Gasteiger charge is 2.15.